The summed E-state index contributed by atoms with van der Waals surface area (Å²) in [4.78, 5) is 19.5. The van der Waals surface area contributed by atoms with E-state index in [0.29, 0.717) is 18.5 Å². The maximum atomic E-state index is 11.7. The van der Waals surface area contributed by atoms with Gasteiger partial charge in [-0.1, -0.05) is 6.07 Å². The maximum absolute atomic E-state index is 11.7. The van der Waals surface area contributed by atoms with Gasteiger partial charge in [0.15, 0.2) is 0 Å². The van der Waals surface area contributed by atoms with Gasteiger partial charge in [0.1, 0.15) is 5.75 Å². The minimum Gasteiger partial charge on any atom is -0.506 e. The van der Waals surface area contributed by atoms with E-state index in [1.807, 2.05) is 12.1 Å². The molecule has 0 spiro atoms. The standard InChI is InChI=1S/C13H13N3O2/c17-12-6-11(8-15-9-12)13(18)16-5-3-10-2-1-4-14-7-10/h1-2,4,6-9,17H,3,5H2,(H,16,18). The molecule has 0 atom stereocenters. The zero-order valence-electron chi connectivity index (χ0n) is 9.71. The number of carbonyl (C=O) groups is 1. The van der Waals surface area contributed by atoms with Crippen molar-refractivity contribution in [2.45, 2.75) is 6.42 Å². The normalized spacial score (nSPS) is 10.0. The Kier molecular flexibility index (Phi) is 3.86. The van der Waals surface area contributed by atoms with E-state index in [9.17, 15) is 9.90 Å². The highest BCUT2D eigenvalue weighted by Crippen LogP contribution is 2.08. The van der Waals surface area contributed by atoms with E-state index in [4.69, 9.17) is 0 Å². The molecule has 0 saturated heterocycles. The molecule has 0 aliphatic heterocycles. The van der Waals surface area contributed by atoms with E-state index >= 15 is 0 Å². The highest BCUT2D eigenvalue weighted by atomic mass is 16.3. The third-order valence-electron chi connectivity index (χ3n) is 2.41. The Morgan fingerprint density at radius 3 is 2.89 bits per heavy atom. The molecule has 2 heterocycles. The van der Waals surface area contributed by atoms with Gasteiger partial charge in [0.25, 0.3) is 5.91 Å². The average Bonchev–Trinajstić information content (AvgIpc) is 2.40. The van der Waals surface area contributed by atoms with Crippen LogP contribution in [0.2, 0.25) is 0 Å². The van der Waals surface area contributed by atoms with Gasteiger partial charge in [-0.3, -0.25) is 14.8 Å². The van der Waals surface area contributed by atoms with Gasteiger partial charge in [-0.2, -0.15) is 0 Å². The predicted octanol–water partition coefficient (Wildman–Crippen LogP) is 1.15. The molecule has 0 aliphatic rings. The van der Waals surface area contributed by atoms with Crippen LogP contribution < -0.4 is 5.32 Å². The van der Waals surface area contributed by atoms with E-state index in [1.54, 1.807) is 12.4 Å². The summed E-state index contributed by atoms with van der Waals surface area (Å²) in [6.45, 7) is 0.514. The van der Waals surface area contributed by atoms with Crippen molar-refractivity contribution < 1.29 is 9.90 Å². The molecule has 5 nitrogen and oxygen atoms in total. The minimum absolute atomic E-state index is 0.0186. The molecule has 18 heavy (non-hydrogen) atoms. The topological polar surface area (TPSA) is 75.1 Å². The lowest BCUT2D eigenvalue weighted by Crippen LogP contribution is -2.25. The minimum atomic E-state index is -0.248. The number of aromatic hydroxyl groups is 1. The Hall–Kier alpha value is -2.43. The van der Waals surface area contributed by atoms with Crippen molar-refractivity contribution in [3.63, 3.8) is 0 Å². The predicted molar refractivity (Wildman–Crippen MR) is 66.2 cm³/mol. The summed E-state index contributed by atoms with van der Waals surface area (Å²) >= 11 is 0. The molecular weight excluding hydrogens is 230 g/mol. The number of nitrogens with zero attached hydrogens (tertiary/aromatic N) is 2. The highest BCUT2D eigenvalue weighted by molar-refractivity contribution is 5.94. The van der Waals surface area contributed by atoms with Crippen molar-refractivity contribution in [2.75, 3.05) is 6.54 Å². The molecule has 0 aliphatic carbocycles. The number of hydrogen-bond acceptors (Lipinski definition) is 4. The van der Waals surface area contributed by atoms with Gasteiger partial charge in [-0.25, -0.2) is 0 Å². The first-order valence-corrected chi connectivity index (χ1v) is 5.57. The summed E-state index contributed by atoms with van der Waals surface area (Å²) in [6.07, 6.45) is 6.89. The van der Waals surface area contributed by atoms with Crippen LogP contribution >= 0.6 is 0 Å². The zero-order chi connectivity index (χ0) is 12.8. The van der Waals surface area contributed by atoms with Gasteiger partial charge < -0.3 is 10.4 Å². The second kappa shape index (κ2) is 5.77. The zero-order valence-corrected chi connectivity index (χ0v) is 9.71. The van der Waals surface area contributed by atoms with Crippen molar-refractivity contribution in [3.8, 4) is 5.75 Å². The summed E-state index contributed by atoms with van der Waals surface area (Å²) in [5, 5.41) is 12.0. The second-order valence-electron chi connectivity index (χ2n) is 3.80. The Bertz CT molecular complexity index is 529. The third kappa shape index (κ3) is 3.28. The number of hydrogen-bond donors (Lipinski definition) is 2. The van der Waals surface area contributed by atoms with Crippen molar-refractivity contribution in [2.24, 2.45) is 0 Å². The van der Waals surface area contributed by atoms with Crippen LogP contribution in [0.1, 0.15) is 15.9 Å². The molecule has 0 saturated carbocycles. The van der Waals surface area contributed by atoms with E-state index in [2.05, 4.69) is 15.3 Å². The first kappa shape index (κ1) is 12.0. The maximum Gasteiger partial charge on any atom is 0.252 e. The smallest absolute Gasteiger partial charge is 0.252 e. The Morgan fingerprint density at radius 2 is 2.17 bits per heavy atom. The summed E-state index contributed by atoms with van der Waals surface area (Å²) < 4.78 is 0. The van der Waals surface area contributed by atoms with Gasteiger partial charge in [-0.05, 0) is 24.1 Å². The average molecular weight is 243 g/mol. The van der Waals surface area contributed by atoms with Gasteiger partial charge in [0.2, 0.25) is 0 Å². The van der Waals surface area contributed by atoms with Crippen molar-refractivity contribution in [3.05, 3.63) is 54.1 Å². The number of aromatic nitrogens is 2. The van der Waals surface area contributed by atoms with E-state index < -0.39 is 0 Å². The molecule has 0 fully saturated rings. The van der Waals surface area contributed by atoms with E-state index in [-0.39, 0.29) is 11.7 Å². The van der Waals surface area contributed by atoms with Crippen LogP contribution in [0.15, 0.2) is 43.0 Å². The quantitative estimate of drug-likeness (QED) is 0.844. The molecule has 2 aromatic heterocycles. The fourth-order valence-electron chi connectivity index (χ4n) is 1.52. The van der Waals surface area contributed by atoms with Crippen LogP contribution in [0, 0.1) is 0 Å². The van der Waals surface area contributed by atoms with E-state index in [0.717, 1.165) is 5.56 Å². The van der Waals surface area contributed by atoms with E-state index in [1.165, 1.54) is 18.5 Å². The van der Waals surface area contributed by atoms with Gasteiger partial charge >= 0.3 is 0 Å². The summed E-state index contributed by atoms with van der Waals surface area (Å²) in [6, 6.07) is 5.19. The molecule has 2 N–H and O–H groups in total. The Labute approximate surface area is 105 Å². The largest absolute Gasteiger partial charge is 0.506 e. The van der Waals surface area contributed by atoms with Crippen LogP contribution in [-0.4, -0.2) is 27.5 Å². The number of rotatable bonds is 4. The molecule has 92 valence electrons. The van der Waals surface area contributed by atoms with Crippen LogP contribution in [0.5, 0.6) is 5.75 Å². The molecular formula is C13H13N3O2. The Morgan fingerprint density at radius 1 is 1.28 bits per heavy atom. The molecule has 0 aromatic carbocycles. The van der Waals surface area contributed by atoms with Crippen LogP contribution in [-0.2, 0) is 6.42 Å². The first-order chi connectivity index (χ1) is 8.75. The number of amides is 1. The lowest BCUT2D eigenvalue weighted by Gasteiger charge is -2.05. The van der Waals surface area contributed by atoms with Crippen LogP contribution in [0.25, 0.3) is 0 Å². The van der Waals surface area contributed by atoms with Crippen molar-refractivity contribution in [1.82, 2.24) is 15.3 Å². The summed E-state index contributed by atoms with van der Waals surface area (Å²) in [7, 11) is 0. The second-order valence-corrected chi connectivity index (χ2v) is 3.80. The molecule has 5 heteroatoms. The molecule has 0 radical (unpaired) electrons. The first-order valence-electron chi connectivity index (χ1n) is 5.57. The molecule has 0 unspecified atom stereocenters. The number of carbonyl (C=O) groups excluding carboxylic acids is 1. The van der Waals surface area contributed by atoms with Gasteiger partial charge in [0, 0.05) is 25.1 Å². The third-order valence-corrected chi connectivity index (χ3v) is 2.41. The van der Waals surface area contributed by atoms with Crippen molar-refractivity contribution >= 4 is 5.91 Å². The van der Waals surface area contributed by atoms with Gasteiger partial charge in [0.05, 0.1) is 11.8 Å². The highest BCUT2D eigenvalue weighted by Gasteiger charge is 2.05. The molecule has 2 aromatic rings. The number of pyridine rings is 2. The number of nitrogens with one attached hydrogen (secondary N) is 1. The summed E-state index contributed by atoms with van der Waals surface area (Å²) in [5.41, 5.74) is 1.41. The lowest BCUT2D eigenvalue weighted by molar-refractivity contribution is 0.0953. The monoisotopic (exact) mass is 243 g/mol. The lowest BCUT2D eigenvalue weighted by atomic mass is 10.2. The fraction of sp³-hybridized carbons (Fsp3) is 0.154. The molecule has 1 amide bonds. The Balaban J connectivity index is 1.86. The van der Waals surface area contributed by atoms with Crippen LogP contribution in [0.3, 0.4) is 0 Å². The van der Waals surface area contributed by atoms with Crippen molar-refractivity contribution in [1.29, 1.82) is 0 Å². The molecule has 0 bridgehead atoms. The summed E-state index contributed by atoms with van der Waals surface area (Å²) in [5.74, 6) is -0.266. The fourth-order valence-corrected chi connectivity index (χ4v) is 1.52. The SMILES string of the molecule is O=C(NCCc1cccnc1)c1cncc(O)c1. The van der Waals surface area contributed by atoms with Gasteiger partial charge in [-0.15, -0.1) is 0 Å². The van der Waals surface area contributed by atoms with Crippen LogP contribution in [0.4, 0.5) is 0 Å². The molecule has 2 rings (SSSR count).